The van der Waals surface area contributed by atoms with Crippen LogP contribution in [0, 0.1) is 0 Å². The summed E-state index contributed by atoms with van der Waals surface area (Å²) in [4.78, 5) is 6.13. The van der Waals surface area contributed by atoms with Crippen molar-refractivity contribution in [3.63, 3.8) is 0 Å². The van der Waals surface area contributed by atoms with Crippen LogP contribution in [0.4, 0.5) is 0 Å². The third kappa shape index (κ3) is 1.35. The van der Waals surface area contributed by atoms with Crippen molar-refractivity contribution in [2.45, 2.75) is 12.4 Å². The van der Waals surface area contributed by atoms with Gasteiger partial charge < -0.3 is 20.7 Å². The first-order chi connectivity index (χ1) is 7.86. The lowest BCUT2D eigenvalue weighted by Gasteiger charge is -2.37. The number of hydrogen-bond acceptors (Lipinski definition) is 6. The lowest BCUT2D eigenvalue weighted by Crippen LogP contribution is -2.54. The molecule has 0 saturated heterocycles. The van der Waals surface area contributed by atoms with Crippen LogP contribution in [0.5, 0.6) is 0 Å². The van der Waals surface area contributed by atoms with E-state index in [-0.39, 0.29) is 12.4 Å². The van der Waals surface area contributed by atoms with Gasteiger partial charge in [0.05, 0.1) is 19.3 Å². The van der Waals surface area contributed by atoms with Crippen molar-refractivity contribution in [2.24, 2.45) is 10.7 Å². The second-order valence-electron chi connectivity index (χ2n) is 3.70. The van der Waals surface area contributed by atoms with E-state index in [1.54, 1.807) is 12.6 Å². The molecule has 2 atom stereocenters. The monoisotopic (exact) mass is 219 g/mol. The highest BCUT2D eigenvalue weighted by atomic mass is 16.5. The predicted molar refractivity (Wildman–Crippen MR) is 59.6 cm³/mol. The summed E-state index contributed by atoms with van der Waals surface area (Å²) in [6, 6.07) is 0. The van der Waals surface area contributed by atoms with Crippen molar-refractivity contribution in [3.8, 4) is 0 Å². The molecule has 0 aromatic rings. The van der Waals surface area contributed by atoms with Gasteiger partial charge in [-0.3, -0.25) is 5.32 Å². The summed E-state index contributed by atoms with van der Waals surface area (Å²) < 4.78 is 5.47. The van der Waals surface area contributed by atoms with E-state index in [1.807, 2.05) is 23.1 Å². The second kappa shape index (κ2) is 3.57. The molecule has 0 fully saturated rings. The van der Waals surface area contributed by atoms with Gasteiger partial charge in [0.2, 0.25) is 0 Å². The maximum absolute atomic E-state index is 6.07. The van der Waals surface area contributed by atoms with E-state index in [1.165, 1.54) is 0 Å². The normalized spacial score (nSPS) is 31.4. The fourth-order valence-corrected chi connectivity index (χ4v) is 1.91. The fraction of sp³-hybridized carbons (Fsp3) is 0.300. The topological polar surface area (TPSA) is 74.9 Å². The van der Waals surface area contributed by atoms with Crippen molar-refractivity contribution in [1.82, 2.24) is 15.5 Å². The molecule has 6 nitrogen and oxygen atoms in total. The van der Waals surface area contributed by atoms with Crippen molar-refractivity contribution in [3.05, 3.63) is 36.0 Å². The third-order valence-electron chi connectivity index (χ3n) is 2.75. The van der Waals surface area contributed by atoms with E-state index >= 15 is 0 Å². The van der Waals surface area contributed by atoms with Crippen molar-refractivity contribution >= 4 is 6.34 Å². The largest absolute Gasteiger partial charge is 0.474 e. The predicted octanol–water partition coefficient (Wildman–Crippen LogP) is -0.639. The van der Waals surface area contributed by atoms with Crippen LogP contribution in [0.2, 0.25) is 0 Å². The van der Waals surface area contributed by atoms with E-state index in [4.69, 9.17) is 10.5 Å². The highest BCUT2D eigenvalue weighted by molar-refractivity contribution is 5.62. The van der Waals surface area contributed by atoms with Gasteiger partial charge in [-0.25, -0.2) is 4.99 Å². The molecule has 6 heteroatoms. The van der Waals surface area contributed by atoms with Crippen LogP contribution in [-0.4, -0.2) is 30.3 Å². The molecule has 0 aliphatic carbocycles. The number of nitrogens with two attached hydrogens (primary N) is 1. The minimum absolute atomic E-state index is 0.0272. The van der Waals surface area contributed by atoms with E-state index in [0.29, 0.717) is 12.5 Å². The zero-order valence-corrected chi connectivity index (χ0v) is 8.63. The molecule has 0 radical (unpaired) electrons. The maximum atomic E-state index is 6.07. The molecule has 0 aromatic carbocycles. The molecular weight excluding hydrogens is 206 g/mol. The number of nitrogens with one attached hydrogen (secondary N) is 2. The molecule has 0 bridgehead atoms. The van der Waals surface area contributed by atoms with Gasteiger partial charge in [-0.2, -0.15) is 0 Å². The van der Waals surface area contributed by atoms with Crippen LogP contribution < -0.4 is 16.4 Å². The van der Waals surface area contributed by atoms with Gasteiger partial charge in [0.25, 0.3) is 0 Å². The Morgan fingerprint density at radius 2 is 2.44 bits per heavy atom. The molecule has 0 saturated carbocycles. The summed E-state index contributed by atoms with van der Waals surface area (Å²) in [5.41, 5.74) is 6.89. The molecule has 16 heavy (non-hydrogen) atoms. The summed E-state index contributed by atoms with van der Waals surface area (Å²) in [5.74, 6) is 0.648. The van der Waals surface area contributed by atoms with Crippen molar-refractivity contribution in [2.75, 3.05) is 6.67 Å². The molecule has 2 unspecified atom stereocenters. The summed E-state index contributed by atoms with van der Waals surface area (Å²) in [6.07, 6.45) is 8.90. The van der Waals surface area contributed by atoms with Gasteiger partial charge in [-0.1, -0.05) is 6.08 Å². The van der Waals surface area contributed by atoms with Crippen LogP contribution in [0.15, 0.2) is 41.0 Å². The molecule has 3 heterocycles. The molecule has 3 aliphatic rings. The number of allylic oxidation sites excluding steroid dienone is 2. The summed E-state index contributed by atoms with van der Waals surface area (Å²) >= 11 is 0. The Bertz CT molecular complexity index is 411. The lowest BCUT2D eigenvalue weighted by molar-refractivity contribution is 0.0345. The molecule has 0 aromatic heterocycles. The number of ether oxygens (including phenoxy) is 1. The van der Waals surface area contributed by atoms with Crippen molar-refractivity contribution in [1.29, 1.82) is 0 Å². The quantitative estimate of drug-likeness (QED) is 0.547. The zero-order chi connectivity index (χ0) is 11.0. The fourth-order valence-electron chi connectivity index (χ4n) is 1.91. The summed E-state index contributed by atoms with van der Waals surface area (Å²) in [5, 5.41) is 6.35. The smallest absolute Gasteiger partial charge is 0.193 e. The maximum Gasteiger partial charge on any atom is 0.193 e. The van der Waals surface area contributed by atoms with E-state index in [9.17, 15) is 0 Å². The first-order valence-electron chi connectivity index (χ1n) is 5.13. The Labute approximate surface area is 93.1 Å². The number of rotatable bonds is 1. The second-order valence-corrected chi connectivity index (χ2v) is 3.70. The van der Waals surface area contributed by atoms with Gasteiger partial charge in [0.15, 0.2) is 6.23 Å². The van der Waals surface area contributed by atoms with E-state index in [2.05, 4.69) is 15.6 Å². The Kier molecular flexibility index (Phi) is 2.07. The first-order valence-corrected chi connectivity index (χ1v) is 5.13. The molecule has 4 N–H and O–H groups in total. The number of fused-ring (bicyclic) bond motifs is 1. The minimum Gasteiger partial charge on any atom is -0.474 e. The Morgan fingerprint density at radius 1 is 1.50 bits per heavy atom. The Balaban J connectivity index is 1.86. The van der Waals surface area contributed by atoms with E-state index < -0.39 is 0 Å². The highest BCUT2D eigenvalue weighted by Crippen LogP contribution is 2.21. The molecule has 3 rings (SSSR count). The highest BCUT2D eigenvalue weighted by Gasteiger charge is 2.31. The standard InChI is InChI=1S/C10H13N5O/c11-9-8-10(13-5-12-8)14-6-15(9)7-3-1-2-4-16-7/h1-5,7,10,14H,6,11H2,(H,12,13). The summed E-state index contributed by atoms with van der Waals surface area (Å²) in [7, 11) is 0. The van der Waals surface area contributed by atoms with Gasteiger partial charge in [0.1, 0.15) is 17.7 Å². The molecular formula is C10H13N5O. The van der Waals surface area contributed by atoms with Crippen LogP contribution in [-0.2, 0) is 4.74 Å². The molecule has 0 amide bonds. The molecule has 84 valence electrons. The third-order valence-corrected chi connectivity index (χ3v) is 2.75. The van der Waals surface area contributed by atoms with Gasteiger partial charge in [-0.15, -0.1) is 0 Å². The van der Waals surface area contributed by atoms with Crippen LogP contribution in [0.3, 0.4) is 0 Å². The van der Waals surface area contributed by atoms with Crippen molar-refractivity contribution < 1.29 is 4.74 Å². The van der Waals surface area contributed by atoms with Gasteiger partial charge in [-0.05, 0) is 12.2 Å². The number of nitrogens with zero attached hydrogens (tertiary/aromatic N) is 2. The van der Waals surface area contributed by atoms with Gasteiger partial charge >= 0.3 is 0 Å². The average Bonchev–Trinajstić information content (AvgIpc) is 2.80. The first kappa shape index (κ1) is 9.29. The van der Waals surface area contributed by atoms with Crippen LogP contribution >= 0.6 is 0 Å². The number of hydrogen-bond donors (Lipinski definition) is 3. The van der Waals surface area contributed by atoms with Gasteiger partial charge in [0, 0.05) is 0 Å². The molecule has 3 aliphatic heterocycles. The SMILES string of the molecule is NC1=C2N=CNC2NCN1C1C=CC=CO1. The average molecular weight is 219 g/mol. The van der Waals surface area contributed by atoms with Crippen LogP contribution in [0.1, 0.15) is 0 Å². The van der Waals surface area contributed by atoms with E-state index in [0.717, 1.165) is 5.70 Å². The van der Waals surface area contributed by atoms with Crippen LogP contribution in [0.25, 0.3) is 0 Å². The number of aliphatic imine (C=N–C) groups is 1. The lowest BCUT2D eigenvalue weighted by atomic mass is 10.2. The molecule has 0 spiro atoms. The summed E-state index contributed by atoms with van der Waals surface area (Å²) in [6.45, 7) is 0.624. The zero-order valence-electron chi connectivity index (χ0n) is 8.63. The minimum atomic E-state index is -0.165. The Hall–Kier alpha value is -1.95. The Morgan fingerprint density at radius 3 is 3.25 bits per heavy atom.